The van der Waals surface area contributed by atoms with E-state index in [1.165, 1.54) is 6.07 Å². The number of pyridine rings is 1. The average molecular weight is 221 g/mol. The average Bonchev–Trinajstić information content (AvgIpc) is 2.20. The van der Waals surface area contributed by atoms with Crippen molar-refractivity contribution in [2.45, 2.75) is 25.9 Å². The molecule has 5 nitrogen and oxygen atoms in total. The van der Waals surface area contributed by atoms with Crippen LogP contribution in [0.2, 0.25) is 0 Å². The van der Waals surface area contributed by atoms with E-state index in [1.54, 1.807) is 19.9 Å². The summed E-state index contributed by atoms with van der Waals surface area (Å²) >= 11 is 0. The van der Waals surface area contributed by atoms with E-state index in [-0.39, 0.29) is 17.8 Å². The Morgan fingerprint density at radius 3 is 2.69 bits per heavy atom. The topological polar surface area (TPSA) is 76.5 Å². The van der Waals surface area contributed by atoms with Gasteiger partial charge in [0.05, 0.1) is 5.69 Å². The molecule has 0 spiro atoms. The lowest BCUT2D eigenvalue weighted by Crippen LogP contribution is -2.41. The highest BCUT2D eigenvalue weighted by atomic mass is 16.6. The van der Waals surface area contributed by atoms with Gasteiger partial charge < -0.3 is 9.84 Å². The van der Waals surface area contributed by atoms with Crippen molar-refractivity contribution in [2.24, 2.45) is 0 Å². The van der Waals surface area contributed by atoms with Gasteiger partial charge in [-0.3, -0.25) is 4.79 Å². The third-order valence-corrected chi connectivity index (χ3v) is 2.68. The van der Waals surface area contributed by atoms with Crippen LogP contribution in [0, 0.1) is 6.92 Å². The maximum atomic E-state index is 11.3. The number of carboxylic acids is 1. The monoisotopic (exact) mass is 221 g/mol. The first-order valence-electron chi connectivity index (χ1n) is 4.92. The van der Waals surface area contributed by atoms with Gasteiger partial charge in [0, 0.05) is 0 Å². The smallest absolute Gasteiger partial charge is 0.354 e. The lowest BCUT2D eigenvalue weighted by molar-refractivity contribution is -0.173. The summed E-state index contributed by atoms with van der Waals surface area (Å²) in [6.45, 7) is 3.56. The van der Waals surface area contributed by atoms with Gasteiger partial charge in [-0.1, -0.05) is 6.07 Å². The molecule has 0 unspecified atom stereocenters. The lowest BCUT2D eigenvalue weighted by atomic mass is 9.91. The molecule has 0 saturated carbocycles. The maximum Gasteiger partial charge on any atom is 0.354 e. The number of cyclic esters (lactones) is 1. The molecule has 0 aliphatic carbocycles. The normalized spacial score (nSPS) is 23.5. The predicted molar refractivity (Wildman–Crippen MR) is 54.2 cm³/mol. The number of carbonyl (C=O) groups excluding carboxylic acids is 1. The van der Waals surface area contributed by atoms with E-state index in [0.29, 0.717) is 5.69 Å². The number of ether oxygens (including phenoxy) is 1. The minimum absolute atomic E-state index is 0.0486. The quantitative estimate of drug-likeness (QED) is 0.757. The summed E-state index contributed by atoms with van der Waals surface area (Å²) in [6, 6.07) is 3.08. The molecule has 84 valence electrons. The van der Waals surface area contributed by atoms with Gasteiger partial charge in [0.25, 0.3) is 0 Å². The van der Waals surface area contributed by atoms with Crippen molar-refractivity contribution in [2.75, 3.05) is 0 Å². The number of aryl methyl sites for hydroxylation is 1. The first-order chi connectivity index (χ1) is 7.50. The summed E-state index contributed by atoms with van der Waals surface area (Å²) in [5, 5.41) is 8.83. The van der Waals surface area contributed by atoms with Crippen molar-refractivity contribution in [3.63, 3.8) is 0 Å². The number of carbonyl (C=O) groups is 2. The first kappa shape index (κ1) is 10.6. The van der Waals surface area contributed by atoms with E-state index in [9.17, 15) is 9.59 Å². The SMILES string of the molecule is Cc1ccc(C(=O)O)nc1[C@@H]1C(=O)O[C@@H]1C. The zero-order chi connectivity index (χ0) is 11.9. The van der Waals surface area contributed by atoms with Crippen molar-refractivity contribution in [1.29, 1.82) is 0 Å². The molecule has 0 bridgehead atoms. The van der Waals surface area contributed by atoms with Crippen LogP contribution in [0.4, 0.5) is 0 Å². The summed E-state index contributed by atoms with van der Waals surface area (Å²) < 4.78 is 4.83. The van der Waals surface area contributed by atoms with Crippen LogP contribution in [-0.4, -0.2) is 28.1 Å². The molecular weight excluding hydrogens is 210 g/mol. The summed E-state index contributed by atoms with van der Waals surface area (Å²) in [4.78, 5) is 26.0. The second-order valence-corrected chi connectivity index (χ2v) is 3.82. The van der Waals surface area contributed by atoms with Crippen molar-refractivity contribution in [3.05, 3.63) is 29.1 Å². The Balaban J connectivity index is 2.43. The highest BCUT2D eigenvalue weighted by Gasteiger charge is 2.42. The molecule has 1 aromatic heterocycles. The Hall–Kier alpha value is -1.91. The van der Waals surface area contributed by atoms with Gasteiger partial charge in [-0.05, 0) is 25.5 Å². The third kappa shape index (κ3) is 1.54. The lowest BCUT2D eigenvalue weighted by Gasteiger charge is -2.32. The maximum absolute atomic E-state index is 11.3. The summed E-state index contributed by atoms with van der Waals surface area (Å²) in [6.07, 6.45) is -0.234. The second kappa shape index (κ2) is 3.59. The van der Waals surface area contributed by atoms with E-state index in [4.69, 9.17) is 9.84 Å². The number of rotatable bonds is 2. The Morgan fingerprint density at radius 1 is 1.50 bits per heavy atom. The molecule has 1 saturated heterocycles. The molecule has 1 N–H and O–H groups in total. The zero-order valence-corrected chi connectivity index (χ0v) is 8.93. The van der Waals surface area contributed by atoms with E-state index < -0.39 is 11.9 Å². The fraction of sp³-hybridized carbons (Fsp3) is 0.364. The zero-order valence-electron chi connectivity index (χ0n) is 8.93. The van der Waals surface area contributed by atoms with E-state index in [1.807, 2.05) is 0 Å². The summed E-state index contributed by atoms with van der Waals surface area (Å²) in [5.74, 6) is -1.87. The summed E-state index contributed by atoms with van der Waals surface area (Å²) in [5.41, 5.74) is 1.26. The van der Waals surface area contributed by atoms with Gasteiger partial charge in [-0.15, -0.1) is 0 Å². The van der Waals surface area contributed by atoms with Crippen LogP contribution in [0.15, 0.2) is 12.1 Å². The van der Waals surface area contributed by atoms with Crippen LogP contribution in [0.5, 0.6) is 0 Å². The fourth-order valence-corrected chi connectivity index (χ4v) is 1.76. The highest BCUT2D eigenvalue weighted by molar-refractivity contribution is 5.87. The van der Waals surface area contributed by atoms with E-state index >= 15 is 0 Å². The fourth-order valence-electron chi connectivity index (χ4n) is 1.76. The van der Waals surface area contributed by atoms with Crippen LogP contribution in [0.3, 0.4) is 0 Å². The van der Waals surface area contributed by atoms with E-state index in [0.717, 1.165) is 5.56 Å². The van der Waals surface area contributed by atoms with E-state index in [2.05, 4.69) is 4.98 Å². The molecule has 2 atom stereocenters. The first-order valence-corrected chi connectivity index (χ1v) is 4.92. The Labute approximate surface area is 92.1 Å². The Bertz CT molecular complexity index is 469. The minimum Gasteiger partial charge on any atom is -0.477 e. The van der Waals surface area contributed by atoms with Crippen LogP contribution >= 0.6 is 0 Å². The van der Waals surface area contributed by atoms with Gasteiger partial charge in [-0.25, -0.2) is 9.78 Å². The number of nitrogens with zero attached hydrogens (tertiary/aromatic N) is 1. The Morgan fingerprint density at radius 2 is 2.19 bits per heavy atom. The second-order valence-electron chi connectivity index (χ2n) is 3.82. The van der Waals surface area contributed by atoms with Gasteiger partial charge >= 0.3 is 11.9 Å². The molecule has 5 heteroatoms. The number of hydrogen-bond donors (Lipinski definition) is 1. The molecule has 1 aliphatic rings. The molecule has 0 amide bonds. The Kier molecular flexibility index (Phi) is 2.38. The van der Waals surface area contributed by atoms with Gasteiger partial charge in [0.2, 0.25) is 0 Å². The molecule has 1 aliphatic heterocycles. The molecule has 16 heavy (non-hydrogen) atoms. The van der Waals surface area contributed by atoms with Crippen LogP contribution < -0.4 is 0 Å². The van der Waals surface area contributed by atoms with Crippen molar-refractivity contribution < 1.29 is 19.4 Å². The predicted octanol–water partition coefficient (Wildman–Crippen LogP) is 1.12. The molecule has 1 aromatic rings. The van der Waals surface area contributed by atoms with Gasteiger partial charge in [-0.2, -0.15) is 0 Å². The third-order valence-electron chi connectivity index (χ3n) is 2.68. The number of carboxylic acid groups (broad SMARTS) is 1. The summed E-state index contributed by atoms with van der Waals surface area (Å²) in [7, 11) is 0. The number of aromatic carboxylic acids is 1. The van der Waals surface area contributed by atoms with Crippen molar-refractivity contribution in [1.82, 2.24) is 4.98 Å². The van der Waals surface area contributed by atoms with Crippen molar-refractivity contribution in [3.8, 4) is 0 Å². The largest absolute Gasteiger partial charge is 0.477 e. The molecule has 0 aromatic carbocycles. The molecule has 1 fully saturated rings. The number of aromatic nitrogens is 1. The van der Waals surface area contributed by atoms with Gasteiger partial charge in [0.15, 0.2) is 0 Å². The number of esters is 1. The molecular formula is C11H11NO4. The molecule has 2 heterocycles. The molecule has 2 rings (SSSR count). The van der Waals surface area contributed by atoms with Crippen LogP contribution in [0.25, 0.3) is 0 Å². The minimum atomic E-state index is -1.10. The van der Waals surface area contributed by atoms with Gasteiger partial charge in [0.1, 0.15) is 17.7 Å². The molecule has 0 radical (unpaired) electrons. The van der Waals surface area contributed by atoms with Crippen molar-refractivity contribution >= 4 is 11.9 Å². The standard InChI is InChI=1S/C11H11NO4/c1-5-3-4-7(10(13)14)12-9(5)8-6(2)16-11(8)15/h3-4,6,8H,1-2H3,(H,13,14)/t6-,8-/m1/s1. The highest BCUT2D eigenvalue weighted by Crippen LogP contribution is 2.32. The van der Waals surface area contributed by atoms with Crippen LogP contribution in [-0.2, 0) is 9.53 Å². The van der Waals surface area contributed by atoms with Crippen LogP contribution in [0.1, 0.15) is 34.6 Å². The number of hydrogen-bond acceptors (Lipinski definition) is 4.